The number of amides is 1. The average Bonchev–Trinajstić information content (AvgIpc) is 3.40. The van der Waals surface area contributed by atoms with Crippen LogP contribution in [0.2, 0.25) is 0 Å². The number of cyclic esters (lactones) is 1. The van der Waals surface area contributed by atoms with Crippen LogP contribution >= 0.6 is 0 Å². The molecule has 1 amide bonds. The van der Waals surface area contributed by atoms with E-state index in [2.05, 4.69) is 15.1 Å². The van der Waals surface area contributed by atoms with Crippen LogP contribution < -0.4 is 5.56 Å². The zero-order chi connectivity index (χ0) is 20.9. The molecule has 1 spiro atoms. The minimum Gasteiger partial charge on any atom is -0.483 e. The van der Waals surface area contributed by atoms with E-state index in [9.17, 15) is 14.4 Å². The first-order valence-electron chi connectivity index (χ1n) is 10.0. The van der Waals surface area contributed by atoms with Crippen LogP contribution in [-0.4, -0.2) is 82.3 Å². The van der Waals surface area contributed by atoms with Gasteiger partial charge in [-0.25, -0.2) is 0 Å². The van der Waals surface area contributed by atoms with Gasteiger partial charge in [-0.15, -0.1) is 0 Å². The summed E-state index contributed by atoms with van der Waals surface area (Å²) >= 11 is 0. The van der Waals surface area contributed by atoms with Crippen molar-refractivity contribution in [1.82, 2.24) is 20.0 Å². The molecule has 3 saturated heterocycles. The van der Waals surface area contributed by atoms with Gasteiger partial charge in [-0.2, -0.15) is 0 Å². The lowest BCUT2D eigenvalue weighted by atomic mass is 9.76. The van der Waals surface area contributed by atoms with Crippen LogP contribution in [0.5, 0.6) is 0 Å². The highest BCUT2D eigenvalue weighted by atomic mass is 16.6. The fourth-order valence-corrected chi connectivity index (χ4v) is 4.53. The molecule has 0 radical (unpaired) electrons. The summed E-state index contributed by atoms with van der Waals surface area (Å²) in [5, 5.41) is 11.9. The van der Waals surface area contributed by atoms with E-state index in [1.807, 2.05) is 0 Å². The van der Waals surface area contributed by atoms with Crippen molar-refractivity contribution in [3.63, 3.8) is 0 Å². The molecule has 3 N–H and O–H groups in total. The predicted molar refractivity (Wildman–Crippen MR) is 102 cm³/mol. The molecule has 1 aromatic heterocycles. The maximum Gasteiger partial charge on any atom is 0.312 e. The summed E-state index contributed by atoms with van der Waals surface area (Å²) in [4.78, 5) is 49.0. The summed E-state index contributed by atoms with van der Waals surface area (Å²) in [5.41, 5.74) is -0.232. The maximum atomic E-state index is 12.5. The standard InChI is InChI=1S/C18H26N4O4.CH2O2/c23-15(9-13-11-19-20-16(13)24)22-7-3-18(4-8-22)10-14(26-17(18)25)12-21-5-1-2-6-21;2-1-3/h11,14H,1-10,12H2,(H2,19,20,24);1H,(H,2,3). The van der Waals surface area contributed by atoms with Crippen LogP contribution in [0.3, 0.4) is 0 Å². The molecule has 10 nitrogen and oxygen atoms in total. The van der Waals surface area contributed by atoms with E-state index < -0.39 is 5.41 Å². The van der Waals surface area contributed by atoms with Gasteiger partial charge in [0.25, 0.3) is 12.0 Å². The molecule has 1 atom stereocenters. The smallest absolute Gasteiger partial charge is 0.312 e. The quantitative estimate of drug-likeness (QED) is 0.470. The Hall–Kier alpha value is -2.62. The topological polar surface area (TPSA) is 136 Å². The van der Waals surface area contributed by atoms with Gasteiger partial charge in [-0.3, -0.25) is 29.2 Å². The van der Waals surface area contributed by atoms with Gasteiger partial charge < -0.3 is 19.8 Å². The molecule has 1 aromatic rings. The van der Waals surface area contributed by atoms with E-state index in [1.165, 1.54) is 19.0 Å². The number of aromatic amines is 2. The van der Waals surface area contributed by atoms with Crippen molar-refractivity contribution in [1.29, 1.82) is 0 Å². The number of carboxylic acid groups (broad SMARTS) is 1. The number of piperidine rings is 1. The lowest BCUT2D eigenvalue weighted by Gasteiger charge is -2.36. The first-order valence-corrected chi connectivity index (χ1v) is 10.0. The third-order valence-corrected chi connectivity index (χ3v) is 6.12. The van der Waals surface area contributed by atoms with Gasteiger partial charge >= 0.3 is 5.97 Å². The normalized spacial score (nSPS) is 23.5. The molecule has 10 heteroatoms. The minimum atomic E-state index is -0.424. The highest BCUT2D eigenvalue weighted by Crippen LogP contribution is 2.43. The monoisotopic (exact) mass is 408 g/mol. The number of likely N-dealkylation sites (tertiary alicyclic amines) is 2. The van der Waals surface area contributed by atoms with Crippen molar-refractivity contribution < 1.29 is 24.2 Å². The van der Waals surface area contributed by atoms with Crippen molar-refractivity contribution in [2.45, 2.75) is 44.6 Å². The van der Waals surface area contributed by atoms with Crippen LogP contribution in [0, 0.1) is 5.41 Å². The van der Waals surface area contributed by atoms with Crippen LogP contribution in [-0.2, 0) is 25.5 Å². The van der Waals surface area contributed by atoms with Gasteiger partial charge in [0.15, 0.2) is 0 Å². The Morgan fingerprint density at radius 3 is 2.48 bits per heavy atom. The second-order valence-electron chi connectivity index (χ2n) is 7.95. The molecule has 4 rings (SSSR count). The third-order valence-electron chi connectivity index (χ3n) is 6.12. The lowest BCUT2D eigenvalue weighted by molar-refractivity contribution is -0.152. The summed E-state index contributed by atoms with van der Waals surface area (Å²) in [7, 11) is 0. The summed E-state index contributed by atoms with van der Waals surface area (Å²) in [6, 6.07) is 0. The Labute approximate surface area is 168 Å². The van der Waals surface area contributed by atoms with Crippen molar-refractivity contribution in [3.8, 4) is 0 Å². The number of hydrogen-bond donors (Lipinski definition) is 3. The lowest BCUT2D eigenvalue weighted by Crippen LogP contribution is -2.45. The van der Waals surface area contributed by atoms with E-state index in [1.54, 1.807) is 4.90 Å². The maximum absolute atomic E-state index is 12.5. The van der Waals surface area contributed by atoms with Gasteiger partial charge in [-0.05, 0) is 38.8 Å². The Kier molecular flexibility index (Phi) is 6.73. The van der Waals surface area contributed by atoms with E-state index >= 15 is 0 Å². The van der Waals surface area contributed by atoms with E-state index in [-0.39, 0.29) is 36.4 Å². The fourth-order valence-electron chi connectivity index (χ4n) is 4.53. The molecule has 3 aliphatic heterocycles. The number of ether oxygens (including phenoxy) is 1. The van der Waals surface area contributed by atoms with Crippen LogP contribution in [0.25, 0.3) is 0 Å². The fraction of sp³-hybridized carbons (Fsp3) is 0.684. The molecule has 3 fully saturated rings. The molecule has 160 valence electrons. The summed E-state index contributed by atoms with van der Waals surface area (Å²) in [6.45, 7) is 3.88. The Balaban J connectivity index is 0.000000755. The van der Waals surface area contributed by atoms with Crippen molar-refractivity contribution in [2.75, 3.05) is 32.7 Å². The molecular weight excluding hydrogens is 380 g/mol. The highest BCUT2D eigenvalue weighted by molar-refractivity contribution is 5.81. The van der Waals surface area contributed by atoms with Crippen molar-refractivity contribution >= 4 is 18.3 Å². The Morgan fingerprint density at radius 2 is 1.90 bits per heavy atom. The number of carbonyl (C=O) groups is 3. The van der Waals surface area contributed by atoms with E-state index in [0.717, 1.165) is 26.1 Å². The molecule has 0 aliphatic carbocycles. The van der Waals surface area contributed by atoms with Crippen LogP contribution in [0.4, 0.5) is 0 Å². The van der Waals surface area contributed by atoms with Crippen molar-refractivity contribution in [2.24, 2.45) is 5.41 Å². The molecule has 1 unspecified atom stereocenters. The van der Waals surface area contributed by atoms with Crippen LogP contribution in [0.1, 0.15) is 37.7 Å². The number of hydrogen-bond acceptors (Lipinski definition) is 6. The zero-order valence-corrected chi connectivity index (χ0v) is 16.4. The average molecular weight is 408 g/mol. The molecular formula is C19H28N4O6. The summed E-state index contributed by atoms with van der Waals surface area (Å²) in [5.74, 6) is -0.152. The number of esters is 1. The largest absolute Gasteiger partial charge is 0.483 e. The van der Waals surface area contributed by atoms with Gasteiger partial charge in [0.1, 0.15) is 6.10 Å². The van der Waals surface area contributed by atoms with Gasteiger partial charge in [0.05, 0.1) is 11.8 Å². The first-order chi connectivity index (χ1) is 14.0. The Morgan fingerprint density at radius 1 is 1.24 bits per heavy atom. The minimum absolute atomic E-state index is 0.0127. The van der Waals surface area contributed by atoms with Crippen molar-refractivity contribution in [3.05, 3.63) is 22.1 Å². The number of H-pyrrole nitrogens is 2. The summed E-state index contributed by atoms with van der Waals surface area (Å²) in [6.07, 6.45) is 6.13. The van der Waals surface area contributed by atoms with Gasteiger partial charge in [0.2, 0.25) is 5.91 Å². The predicted octanol–water partition coefficient (Wildman–Crippen LogP) is -0.0336. The van der Waals surface area contributed by atoms with Crippen LogP contribution in [0.15, 0.2) is 11.0 Å². The highest BCUT2D eigenvalue weighted by Gasteiger charge is 2.51. The second-order valence-corrected chi connectivity index (χ2v) is 7.95. The third kappa shape index (κ3) is 4.87. The molecule has 0 bridgehead atoms. The number of nitrogens with one attached hydrogen (secondary N) is 2. The van der Waals surface area contributed by atoms with Gasteiger partial charge in [0, 0.05) is 37.8 Å². The van der Waals surface area contributed by atoms with E-state index in [0.29, 0.717) is 31.5 Å². The second kappa shape index (κ2) is 9.25. The summed E-state index contributed by atoms with van der Waals surface area (Å²) < 4.78 is 5.68. The molecule has 0 saturated carbocycles. The molecule has 29 heavy (non-hydrogen) atoms. The molecule has 0 aromatic carbocycles. The molecule has 4 heterocycles. The zero-order valence-electron chi connectivity index (χ0n) is 16.4. The van der Waals surface area contributed by atoms with Gasteiger partial charge in [-0.1, -0.05) is 0 Å². The first kappa shape index (κ1) is 21.1. The van der Waals surface area contributed by atoms with E-state index in [4.69, 9.17) is 14.6 Å². The number of carbonyl (C=O) groups excluding carboxylic acids is 2. The molecule has 3 aliphatic rings. The number of aromatic nitrogens is 2. The number of nitrogens with zero attached hydrogens (tertiary/aromatic N) is 2. The number of rotatable bonds is 4. The SMILES string of the molecule is O=C(Cc1c[nH][nH]c1=O)N1CCC2(CC1)CC(CN1CCCC1)OC2=O.O=CO. The Bertz CT molecular complexity index is 774.